The van der Waals surface area contributed by atoms with Gasteiger partial charge in [-0.2, -0.15) is 0 Å². The fourth-order valence-corrected chi connectivity index (χ4v) is 5.91. The largest absolute Gasteiger partial charge is 0.349 e. The van der Waals surface area contributed by atoms with Crippen molar-refractivity contribution in [3.63, 3.8) is 0 Å². The number of halogens is 1. The fraction of sp³-hybridized carbons (Fsp3) is 0.185. The van der Waals surface area contributed by atoms with Crippen LogP contribution in [0, 0.1) is 18.8 Å². The second-order valence-corrected chi connectivity index (χ2v) is 9.71. The molecule has 0 saturated carbocycles. The van der Waals surface area contributed by atoms with Gasteiger partial charge in [0.15, 0.2) is 0 Å². The van der Waals surface area contributed by atoms with Crippen LogP contribution in [-0.2, 0) is 14.3 Å². The van der Waals surface area contributed by atoms with E-state index in [9.17, 15) is 19.2 Å². The molecule has 0 aromatic heterocycles. The number of ketones is 2. The lowest BCUT2D eigenvalue weighted by atomic mass is 9.77. The zero-order chi connectivity index (χ0) is 23.8. The van der Waals surface area contributed by atoms with Crippen molar-refractivity contribution in [2.24, 2.45) is 11.8 Å². The molecule has 2 aliphatic heterocycles. The third-order valence-electron chi connectivity index (χ3n) is 7.02. The minimum Gasteiger partial charge on any atom is -0.349 e. The fourth-order valence-electron chi connectivity index (χ4n) is 5.44. The molecule has 0 radical (unpaired) electrons. The van der Waals surface area contributed by atoms with Crippen molar-refractivity contribution in [3.05, 3.63) is 99.5 Å². The van der Waals surface area contributed by atoms with Crippen LogP contribution in [0.2, 0.25) is 0 Å². The number of rotatable bonds is 2. The maximum Gasteiger partial charge on any atom is 0.241 e. The molecule has 7 heteroatoms. The predicted octanol–water partition coefficient (Wildman–Crippen LogP) is 4.45. The van der Waals surface area contributed by atoms with E-state index in [-0.39, 0.29) is 11.1 Å². The summed E-state index contributed by atoms with van der Waals surface area (Å²) in [6, 6.07) is 20.7. The first-order valence-corrected chi connectivity index (χ1v) is 11.7. The average molecular weight is 516 g/mol. The van der Waals surface area contributed by atoms with Crippen LogP contribution in [0.1, 0.15) is 37.9 Å². The Labute approximate surface area is 203 Å². The van der Waals surface area contributed by atoms with Crippen LogP contribution in [0.4, 0.5) is 5.69 Å². The first kappa shape index (κ1) is 21.1. The number of carbonyl (C=O) groups excluding carboxylic acids is 4. The molecule has 2 amide bonds. The van der Waals surface area contributed by atoms with Crippen LogP contribution in [0.15, 0.2) is 77.3 Å². The van der Waals surface area contributed by atoms with Gasteiger partial charge in [-0.05, 0) is 40.5 Å². The van der Waals surface area contributed by atoms with Gasteiger partial charge >= 0.3 is 0 Å². The molecule has 3 aromatic carbocycles. The molecule has 6 rings (SSSR count). The number of aryl methyl sites for hydroxylation is 1. The molecule has 0 bridgehead atoms. The Kier molecular flexibility index (Phi) is 4.53. The monoisotopic (exact) mass is 515 g/mol. The number of Topliss-reactive ketones (excluding diaryl/α,β-unsaturated/α-hetero) is 2. The van der Waals surface area contributed by atoms with Crippen molar-refractivity contribution in [2.45, 2.75) is 18.6 Å². The summed E-state index contributed by atoms with van der Waals surface area (Å²) in [5.41, 5.74) is 0.402. The zero-order valence-electron chi connectivity index (χ0n) is 18.0. The van der Waals surface area contributed by atoms with Gasteiger partial charge in [0, 0.05) is 15.6 Å². The molecule has 0 unspecified atom stereocenters. The van der Waals surface area contributed by atoms with E-state index in [4.69, 9.17) is 4.74 Å². The number of fused-ring (bicyclic) bond motifs is 3. The first-order chi connectivity index (χ1) is 16.4. The molecular formula is C27H18BrNO5. The highest BCUT2D eigenvalue weighted by Gasteiger charge is 2.74. The molecule has 34 heavy (non-hydrogen) atoms. The molecule has 168 valence electrons. The van der Waals surface area contributed by atoms with E-state index >= 15 is 0 Å². The smallest absolute Gasteiger partial charge is 0.241 e. The summed E-state index contributed by atoms with van der Waals surface area (Å²) in [6.07, 6.45) is -0.920. The number of amides is 2. The standard InChI is InChI=1S/C27H18BrNO5/c1-14-10-12-15(13-11-14)22-20-21(26(33)29(25(20)32)19-9-5-4-8-18(19)28)27(34-22)23(30)16-6-2-3-7-17(16)24(27)31/h2-13,20-22H,1H3/t20-,21+,22+/m0/s1. The van der Waals surface area contributed by atoms with Gasteiger partial charge in [0.25, 0.3) is 0 Å². The summed E-state index contributed by atoms with van der Waals surface area (Å²) in [5, 5.41) is 0. The number of imide groups is 1. The van der Waals surface area contributed by atoms with E-state index in [1.165, 1.54) is 0 Å². The van der Waals surface area contributed by atoms with Crippen molar-refractivity contribution in [3.8, 4) is 0 Å². The molecule has 1 spiro atoms. The van der Waals surface area contributed by atoms with Crippen LogP contribution < -0.4 is 4.90 Å². The average Bonchev–Trinajstić information content (AvgIpc) is 3.40. The highest BCUT2D eigenvalue weighted by atomic mass is 79.9. The maximum atomic E-state index is 13.9. The Balaban J connectivity index is 1.56. The van der Waals surface area contributed by atoms with Crippen LogP contribution in [0.3, 0.4) is 0 Å². The van der Waals surface area contributed by atoms with Gasteiger partial charge in [-0.25, -0.2) is 4.90 Å². The lowest BCUT2D eigenvalue weighted by Crippen LogP contribution is -2.51. The topological polar surface area (TPSA) is 80.8 Å². The van der Waals surface area contributed by atoms with E-state index in [2.05, 4.69) is 15.9 Å². The van der Waals surface area contributed by atoms with Gasteiger partial charge in [-0.1, -0.05) is 66.2 Å². The lowest BCUT2D eigenvalue weighted by molar-refractivity contribution is -0.127. The zero-order valence-corrected chi connectivity index (χ0v) is 19.6. The SMILES string of the molecule is Cc1ccc([C@H]2OC3(C(=O)c4ccccc4C3=O)[C@H]3C(=O)N(c4ccccc4Br)C(=O)[C@H]23)cc1. The Morgan fingerprint density at radius 2 is 1.38 bits per heavy atom. The van der Waals surface area contributed by atoms with Gasteiger partial charge in [0.1, 0.15) is 0 Å². The molecule has 1 aliphatic carbocycles. The van der Waals surface area contributed by atoms with E-state index in [1.807, 2.05) is 31.2 Å². The molecule has 2 saturated heterocycles. The molecular weight excluding hydrogens is 498 g/mol. The van der Waals surface area contributed by atoms with E-state index in [0.29, 0.717) is 15.7 Å². The summed E-state index contributed by atoms with van der Waals surface area (Å²) < 4.78 is 6.85. The van der Waals surface area contributed by atoms with Crippen molar-refractivity contribution < 1.29 is 23.9 Å². The number of hydrogen-bond donors (Lipinski definition) is 0. The second-order valence-electron chi connectivity index (χ2n) is 8.86. The Bertz CT molecular complexity index is 1380. The molecule has 3 aromatic rings. The predicted molar refractivity (Wildman–Crippen MR) is 126 cm³/mol. The van der Waals surface area contributed by atoms with Gasteiger partial charge in [-0.3, -0.25) is 19.2 Å². The van der Waals surface area contributed by atoms with Gasteiger partial charge < -0.3 is 4.74 Å². The quantitative estimate of drug-likeness (QED) is 0.372. The number of ether oxygens (including phenoxy) is 1. The summed E-state index contributed by atoms with van der Waals surface area (Å²) in [4.78, 5) is 56.2. The van der Waals surface area contributed by atoms with Crippen LogP contribution in [0.25, 0.3) is 0 Å². The number of hydrogen-bond acceptors (Lipinski definition) is 5. The third kappa shape index (κ3) is 2.59. The Morgan fingerprint density at radius 3 is 2.00 bits per heavy atom. The van der Waals surface area contributed by atoms with Crippen molar-refractivity contribution in [1.82, 2.24) is 0 Å². The van der Waals surface area contributed by atoms with E-state index in [1.54, 1.807) is 48.5 Å². The number of nitrogens with zero attached hydrogens (tertiary/aromatic N) is 1. The van der Waals surface area contributed by atoms with Crippen LogP contribution in [0.5, 0.6) is 0 Å². The Morgan fingerprint density at radius 1 is 0.794 bits per heavy atom. The number of para-hydroxylation sites is 1. The lowest BCUT2D eigenvalue weighted by Gasteiger charge is -2.27. The van der Waals surface area contributed by atoms with Gasteiger partial charge in [0.2, 0.25) is 29.0 Å². The van der Waals surface area contributed by atoms with E-state index < -0.39 is 46.9 Å². The molecule has 0 N–H and O–H groups in total. The highest BCUT2D eigenvalue weighted by Crippen LogP contribution is 2.58. The molecule has 6 nitrogen and oxygen atoms in total. The highest BCUT2D eigenvalue weighted by molar-refractivity contribution is 9.10. The minimum absolute atomic E-state index is 0.218. The molecule has 3 aliphatic rings. The van der Waals surface area contributed by atoms with Crippen LogP contribution in [-0.4, -0.2) is 29.0 Å². The van der Waals surface area contributed by atoms with E-state index in [0.717, 1.165) is 10.5 Å². The van der Waals surface area contributed by atoms with Crippen molar-refractivity contribution in [1.29, 1.82) is 0 Å². The molecule has 2 heterocycles. The second kappa shape index (κ2) is 7.29. The number of anilines is 1. The summed E-state index contributed by atoms with van der Waals surface area (Å²) in [5.74, 6) is -4.48. The number of benzene rings is 3. The van der Waals surface area contributed by atoms with Gasteiger partial charge in [-0.15, -0.1) is 0 Å². The summed E-state index contributed by atoms with van der Waals surface area (Å²) in [7, 11) is 0. The van der Waals surface area contributed by atoms with Gasteiger partial charge in [0.05, 0.1) is 23.6 Å². The maximum absolute atomic E-state index is 13.9. The number of carbonyl (C=O) groups is 4. The summed E-state index contributed by atoms with van der Waals surface area (Å²) in [6.45, 7) is 1.93. The molecule has 2 fully saturated rings. The molecule has 3 atom stereocenters. The Hall–Kier alpha value is -3.42. The third-order valence-corrected chi connectivity index (χ3v) is 7.69. The first-order valence-electron chi connectivity index (χ1n) is 10.9. The summed E-state index contributed by atoms with van der Waals surface area (Å²) >= 11 is 3.42. The van der Waals surface area contributed by atoms with Crippen LogP contribution >= 0.6 is 15.9 Å². The minimum atomic E-state index is -2.06. The normalized spacial score (nSPS) is 24.8. The van der Waals surface area contributed by atoms with Crippen molar-refractivity contribution in [2.75, 3.05) is 4.90 Å². The van der Waals surface area contributed by atoms with Crippen molar-refractivity contribution >= 4 is 45.0 Å².